The number of piperidine rings is 1. The molecule has 1 aromatic heterocycles. The van der Waals surface area contributed by atoms with Crippen LogP contribution >= 0.6 is 36.6 Å². The lowest BCUT2D eigenvalue weighted by atomic mass is 9.79. The van der Waals surface area contributed by atoms with Gasteiger partial charge in [0.25, 0.3) is 0 Å². The van der Waals surface area contributed by atoms with Crippen LogP contribution in [0.5, 0.6) is 0 Å². The van der Waals surface area contributed by atoms with Crippen molar-refractivity contribution < 1.29 is 0 Å². The van der Waals surface area contributed by atoms with Gasteiger partial charge in [0.1, 0.15) is 5.82 Å². The summed E-state index contributed by atoms with van der Waals surface area (Å²) >= 11 is 1.72. The van der Waals surface area contributed by atoms with Gasteiger partial charge in [0.2, 0.25) is 0 Å². The molecule has 0 aliphatic carbocycles. The van der Waals surface area contributed by atoms with Crippen molar-refractivity contribution in [1.82, 2.24) is 15.5 Å². The molecule has 2 aromatic rings. The van der Waals surface area contributed by atoms with E-state index in [1.54, 1.807) is 11.8 Å². The van der Waals surface area contributed by atoms with Crippen molar-refractivity contribution in [3.63, 3.8) is 0 Å². The molecule has 1 fully saturated rings. The third-order valence-corrected chi connectivity index (χ3v) is 5.95. The summed E-state index contributed by atoms with van der Waals surface area (Å²) in [4.78, 5) is 1.21. The van der Waals surface area contributed by atoms with Crippen molar-refractivity contribution >= 4 is 42.4 Å². The van der Waals surface area contributed by atoms with Gasteiger partial charge in [-0.05, 0) is 43.8 Å². The number of fused-ring (bicyclic) bond motifs is 1. The molecule has 0 spiro atoms. The zero-order valence-corrected chi connectivity index (χ0v) is 17.4. The van der Waals surface area contributed by atoms with Gasteiger partial charge >= 0.3 is 0 Å². The van der Waals surface area contributed by atoms with Gasteiger partial charge in [0.05, 0.1) is 23.8 Å². The van der Waals surface area contributed by atoms with E-state index in [2.05, 4.69) is 57.4 Å². The molecular weight excluding hydrogens is 401 g/mol. The monoisotopic (exact) mass is 423 g/mol. The molecule has 144 valence electrons. The van der Waals surface area contributed by atoms with Gasteiger partial charge in [-0.15, -0.1) is 36.6 Å². The molecule has 1 aromatic carbocycles. The molecule has 2 aliphatic rings. The Kier molecular flexibility index (Phi) is 7.63. The molecule has 0 saturated carbocycles. The minimum Gasteiger partial charge on any atom is -0.343 e. The molecule has 0 amide bonds. The number of nitrogens with one attached hydrogen (secondary N) is 3. The Morgan fingerprint density at radius 3 is 2.59 bits per heavy atom. The Morgan fingerprint density at radius 2 is 1.89 bits per heavy atom. The lowest BCUT2D eigenvalue weighted by Gasteiger charge is -2.33. The fourth-order valence-corrected chi connectivity index (χ4v) is 4.55. The van der Waals surface area contributed by atoms with Crippen LogP contribution in [0, 0.1) is 17.2 Å². The molecule has 4 rings (SSSR count). The number of nitrogens with zero attached hydrogens (tertiary/aromatic N) is 2. The second kappa shape index (κ2) is 9.52. The van der Waals surface area contributed by atoms with Gasteiger partial charge in [0, 0.05) is 22.1 Å². The number of nitriles is 1. The van der Waals surface area contributed by atoms with E-state index in [1.807, 2.05) is 6.20 Å². The van der Waals surface area contributed by atoms with Gasteiger partial charge in [-0.25, -0.2) is 0 Å². The molecule has 2 aliphatic heterocycles. The first-order chi connectivity index (χ1) is 12.3. The van der Waals surface area contributed by atoms with Crippen LogP contribution in [0.3, 0.4) is 0 Å². The number of aromatic amines is 1. The summed E-state index contributed by atoms with van der Waals surface area (Å²) in [6, 6.07) is 10.9. The molecule has 3 N–H and O–H groups in total. The van der Waals surface area contributed by atoms with E-state index in [4.69, 9.17) is 0 Å². The van der Waals surface area contributed by atoms with E-state index >= 15 is 0 Å². The van der Waals surface area contributed by atoms with E-state index in [9.17, 15) is 5.26 Å². The maximum Gasteiger partial charge on any atom is 0.129 e. The van der Waals surface area contributed by atoms with Crippen LogP contribution < -0.4 is 10.6 Å². The molecule has 3 heterocycles. The normalized spacial score (nSPS) is 19.2. The lowest BCUT2D eigenvalue weighted by molar-refractivity contribution is 0.418. The Labute approximate surface area is 176 Å². The quantitative estimate of drug-likeness (QED) is 0.641. The molecule has 1 atom stereocenters. The van der Waals surface area contributed by atoms with Gasteiger partial charge < -0.3 is 10.6 Å². The van der Waals surface area contributed by atoms with E-state index in [0.717, 1.165) is 48.6 Å². The summed E-state index contributed by atoms with van der Waals surface area (Å²) < 4.78 is 0. The highest BCUT2D eigenvalue weighted by Gasteiger charge is 2.35. The Hall–Kier alpha value is -1.65. The van der Waals surface area contributed by atoms with Crippen LogP contribution in [0.4, 0.5) is 5.82 Å². The number of thioether (sulfide) groups is 1. The maximum atomic E-state index is 10.0. The number of benzene rings is 1. The number of hydrogen-bond acceptors (Lipinski definition) is 5. The minimum atomic E-state index is -0.0615. The summed E-state index contributed by atoms with van der Waals surface area (Å²) in [5, 5.41) is 24.3. The summed E-state index contributed by atoms with van der Waals surface area (Å²) in [6.45, 7) is 1.99. The van der Waals surface area contributed by atoms with Crippen LogP contribution in [0.15, 0.2) is 46.6 Å². The highest BCUT2D eigenvalue weighted by atomic mass is 35.5. The fourth-order valence-electron chi connectivity index (χ4n) is 3.91. The second-order valence-electron chi connectivity index (χ2n) is 6.46. The second-order valence-corrected chi connectivity index (χ2v) is 7.31. The standard InChI is InChI=1S/C19H21N5S.2ClH/c1-25-16-5-3-2-4-13(16)17-14(10-20)18(12-6-8-21-9-7-12)23-19-15(17)11-22-24-19;;/h2-5,11-12,17,21H,6-9H2,1H3,(H2,22,23,24);2*1H. The van der Waals surface area contributed by atoms with Crippen LogP contribution in [-0.2, 0) is 0 Å². The average Bonchev–Trinajstić information content (AvgIpc) is 3.15. The number of H-pyrrole nitrogens is 1. The average molecular weight is 424 g/mol. The molecule has 0 bridgehead atoms. The van der Waals surface area contributed by atoms with Crippen molar-refractivity contribution in [3.05, 3.63) is 52.9 Å². The minimum absolute atomic E-state index is 0. The predicted molar refractivity (Wildman–Crippen MR) is 115 cm³/mol. The molecule has 8 heteroatoms. The van der Waals surface area contributed by atoms with Gasteiger partial charge in [-0.2, -0.15) is 10.4 Å². The summed E-state index contributed by atoms with van der Waals surface area (Å²) in [5.41, 5.74) is 4.14. The zero-order chi connectivity index (χ0) is 17.2. The topological polar surface area (TPSA) is 76.5 Å². The largest absolute Gasteiger partial charge is 0.343 e. The summed E-state index contributed by atoms with van der Waals surface area (Å²) in [7, 11) is 0. The number of rotatable bonds is 3. The number of hydrogen-bond donors (Lipinski definition) is 3. The van der Waals surface area contributed by atoms with Crippen molar-refractivity contribution in [3.8, 4) is 6.07 Å². The third-order valence-electron chi connectivity index (χ3n) is 5.14. The van der Waals surface area contributed by atoms with Crippen LogP contribution in [0.25, 0.3) is 0 Å². The van der Waals surface area contributed by atoms with Gasteiger partial charge in [-0.3, -0.25) is 5.10 Å². The Morgan fingerprint density at radius 1 is 1.15 bits per heavy atom. The highest BCUT2D eigenvalue weighted by Crippen LogP contribution is 2.45. The third kappa shape index (κ3) is 3.97. The van der Waals surface area contributed by atoms with Crippen molar-refractivity contribution in [2.45, 2.75) is 23.7 Å². The van der Waals surface area contributed by atoms with Gasteiger partial charge in [0.15, 0.2) is 0 Å². The molecule has 0 radical (unpaired) electrons. The molecule has 1 unspecified atom stereocenters. The fraction of sp³-hybridized carbons (Fsp3) is 0.368. The first-order valence-electron chi connectivity index (χ1n) is 8.61. The first-order valence-corrected chi connectivity index (χ1v) is 9.84. The highest BCUT2D eigenvalue weighted by molar-refractivity contribution is 7.98. The molecule has 1 saturated heterocycles. The van der Waals surface area contributed by atoms with Crippen molar-refractivity contribution in [2.24, 2.45) is 5.92 Å². The summed E-state index contributed by atoms with van der Waals surface area (Å²) in [5.74, 6) is 1.25. The van der Waals surface area contributed by atoms with Crippen molar-refractivity contribution in [2.75, 3.05) is 24.7 Å². The number of anilines is 1. The van der Waals surface area contributed by atoms with E-state index in [0.29, 0.717) is 5.92 Å². The van der Waals surface area contributed by atoms with Crippen LogP contribution in [0.2, 0.25) is 0 Å². The number of allylic oxidation sites excluding steroid dienone is 2. The Balaban J connectivity index is 0.00000131. The predicted octanol–water partition coefficient (Wildman–Crippen LogP) is 4.31. The van der Waals surface area contributed by atoms with Gasteiger partial charge in [-0.1, -0.05) is 18.2 Å². The first kappa shape index (κ1) is 21.6. The number of halogens is 2. The summed E-state index contributed by atoms with van der Waals surface area (Å²) in [6.07, 6.45) is 6.03. The van der Waals surface area contributed by atoms with E-state index in [-0.39, 0.29) is 30.7 Å². The van der Waals surface area contributed by atoms with Crippen molar-refractivity contribution in [1.29, 1.82) is 5.26 Å². The molecule has 27 heavy (non-hydrogen) atoms. The SMILES string of the molecule is CSc1ccccc1C1C(C#N)=C(C2CCNCC2)Nc2[nH]ncc21.Cl.Cl. The lowest BCUT2D eigenvalue weighted by Crippen LogP contribution is -2.32. The van der Waals surface area contributed by atoms with Crippen LogP contribution in [0.1, 0.15) is 29.9 Å². The zero-order valence-electron chi connectivity index (χ0n) is 15.0. The number of aromatic nitrogens is 2. The van der Waals surface area contributed by atoms with E-state index in [1.165, 1.54) is 10.5 Å². The van der Waals surface area contributed by atoms with Crippen LogP contribution in [-0.4, -0.2) is 29.5 Å². The van der Waals surface area contributed by atoms with E-state index < -0.39 is 0 Å². The smallest absolute Gasteiger partial charge is 0.129 e. The molecule has 5 nitrogen and oxygen atoms in total. The maximum absolute atomic E-state index is 10.0. The molecular formula is C19H23Cl2N5S. The Bertz CT molecular complexity index is 852.